The standard InChI is InChI=1S/C28H22F5N5O2/c1-34-25-19-9-8-18(12-21(19)37-24(38-25)15-3-2-4-17(11-15)28(31,32)33)36-27(40)22-20(29)10-7-16(23(22)30)13-35-26(39)14-5-6-14/h2-4,7-12,14H,5-6,13H2,1H3,(H,35,39)(H,36,40)(H,34,37,38). The number of benzene rings is 3. The first-order valence-corrected chi connectivity index (χ1v) is 12.3. The Balaban J connectivity index is 1.44. The van der Waals surface area contributed by atoms with Gasteiger partial charge in [-0.15, -0.1) is 0 Å². The molecule has 7 nitrogen and oxygen atoms in total. The van der Waals surface area contributed by atoms with Gasteiger partial charge in [-0.1, -0.05) is 18.2 Å². The summed E-state index contributed by atoms with van der Waals surface area (Å²) in [6.45, 7) is -0.195. The van der Waals surface area contributed by atoms with Crippen LogP contribution in [0.5, 0.6) is 0 Å². The van der Waals surface area contributed by atoms with Gasteiger partial charge in [-0.05, 0) is 49.2 Å². The molecule has 1 saturated carbocycles. The van der Waals surface area contributed by atoms with Crippen LogP contribution in [-0.2, 0) is 17.5 Å². The van der Waals surface area contributed by atoms with Crippen LogP contribution in [0, 0.1) is 17.6 Å². The monoisotopic (exact) mass is 555 g/mol. The van der Waals surface area contributed by atoms with Gasteiger partial charge >= 0.3 is 6.18 Å². The van der Waals surface area contributed by atoms with Crippen molar-refractivity contribution in [2.75, 3.05) is 17.7 Å². The van der Waals surface area contributed by atoms with Gasteiger partial charge in [0.25, 0.3) is 5.91 Å². The Hall–Kier alpha value is -4.61. The number of amides is 2. The van der Waals surface area contributed by atoms with Crippen LogP contribution in [-0.4, -0.2) is 28.8 Å². The maximum atomic E-state index is 15.1. The Morgan fingerprint density at radius 1 is 1.00 bits per heavy atom. The van der Waals surface area contributed by atoms with Gasteiger partial charge in [-0.3, -0.25) is 9.59 Å². The van der Waals surface area contributed by atoms with Crippen molar-refractivity contribution >= 4 is 34.2 Å². The van der Waals surface area contributed by atoms with Crippen LogP contribution >= 0.6 is 0 Å². The van der Waals surface area contributed by atoms with Crippen LogP contribution in [0.25, 0.3) is 22.3 Å². The molecule has 1 aromatic heterocycles. The molecule has 3 aromatic carbocycles. The number of alkyl halides is 3. The van der Waals surface area contributed by atoms with Gasteiger partial charge in [0.05, 0.1) is 11.1 Å². The highest BCUT2D eigenvalue weighted by Crippen LogP contribution is 2.33. The molecular weight excluding hydrogens is 533 g/mol. The minimum absolute atomic E-state index is 0.00413. The molecule has 2 amide bonds. The quantitative estimate of drug-likeness (QED) is 0.246. The van der Waals surface area contributed by atoms with Crippen molar-refractivity contribution in [2.45, 2.75) is 25.6 Å². The van der Waals surface area contributed by atoms with E-state index in [0.717, 1.165) is 37.1 Å². The van der Waals surface area contributed by atoms with Gasteiger partial charge in [-0.2, -0.15) is 13.2 Å². The number of carbonyl (C=O) groups excluding carboxylic acids is 2. The summed E-state index contributed by atoms with van der Waals surface area (Å²) in [6.07, 6.45) is -3.03. The predicted octanol–water partition coefficient (Wildman–Crippen LogP) is 5.91. The summed E-state index contributed by atoms with van der Waals surface area (Å²) in [7, 11) is 1.58. The van der Waals surface area contributed by atoms with E-state index < -0.39 is 34.8 Å². The van der Waals surface area contributed by atoms with Crippen molar-refractivity contribution in [1.82, 2.24) is 15.3 Å². The zero-order chi connectivity index (χ0) is 28.6. The molecule has 40 heavy (non-hydrogen) atoms. The van der Waals surface area contributed by atoms with Crippen molar-refractivity contribution in [3.05, 3.63) is 82.9 Å². The van der Waals surface area contributed by atoms with Crippen molar-refractivity contribution in [3.8, 4) is 11.4 Å². The minimum atomic E-state index is -4.55. The number of hydrogen-bond acceptors (Lipinski definition) is 5. The molecule has 1 aliphatic carbocycles. The fourth-order valence-electron chi connectivity index (χ4n) is 4.17. The van der Waals surface area contributed by atoms with Gasteiger partial charge in [0.1, 0.15) is 23.0 Å². The van der Waals surface area contributed by atoms with Gasteiger partial charge in [0, 0.05) is 41.7 Å². The largest absolute Gasteiger partial charge is 0.416 e. The molecule has 0 atom stereocenters. The van der Waals surface area contributed by atoms with E-state index in [1.807, 2.05) is 0 Å². The molecule has 1 aliphatic rings. The zero-order valence-corrected chi connectivity index (χ0v) is 21.0. The average Bonchev–Trinajstić information content (AvgIpc) is 3.77. The molecule has 206 valence electrons. The third-order valence-electron chi connectivity index (χ3n) is 6.44. The lowest BCUT2D eigenvalue weighted by molar-refractivity contribution is -0.137. The molecule has 0 bridgehead atoms. The number of nitrogens with zero attached hydrogens (tertiary/aromatic N) is 2. The number of halogens is 5. The lowest BCUT2D eigenvalue weighted by Crippen LogP contribution is -2.25. The molecular formula is C28H22F5N5O2. The summed E-state index contributed by atoms with van der Waals surface area (Å²) in [4.78, 5) is 33.5. The van der Waals surface area contributed by atoms with E-state index in [2.05, 4.69) is 25.9 Å². The highest BCUT2D eigenvalue weighted by atomic mass is 19.4. The number of hydrogen-bond donors (Lipinski definition) is 3. The van der Waals surface area contributed by atoms with Crippen molar-refractivity contribution in [1.29, 1.82) is 0 Å². The highest BCUT2D eigenvalue weighted by molar-refractivity contribution is 6.06. The number of fused-ring (bicyclic) bond motifs is 1. The van der Waals surface area contributed by atoms with Gasteiger partial charge in [0.2, 0.25) is 5.91 Å². The Kier molecular flexibility index (Phi) is 7.09. The second kappa shape index (κ2) is 10.5. The summed E-state index contributed by atoms with van der Waals surface area (Å²) < 4.78 is 69.3. The summed E-state index contributed by atoms with van der Waals surface area (Å²) in [5.74, 6) is -3.23. The summed E-state index contributed by atoms with van der Waals surface area (Å²) in [6, 6.07) is 11.1. The Morgan fingerprint density at radius 2 is 1.77 bits per heavy atom. The number of nitrogens with one attached hydrogen (secondary N) is 3. The van der Waals surface area contributed by atoms with Crippen LogP contribution in [0.15, 0.2) is 54.6 Å². The molecule has 1 heterocycles. The molecule has 0 saturated heterocycles. The number of rotatable bonds is 7. The third kappa shape index (κ3) is 5.56. The lowest BCUT2D eigenvalue weighted by Gasteiger charge is -2.13. The molecule has 1 fully saturated rings. The topological polar surface area (TPSA) is 96.0 Å². The Bertz CT molecular complexity index is 1640. The van der Waals surface area contributed by atoms with E-state index in [1.54, 1.807) is 13.1 Å². The molecule has 5 rings (SSSR count). The molecule has 0 aliphatic heterocycles. The second-order valence-electron chi connectivity index (χ2n) is 9.30. The van der Waals surface area contributed by atoms with E-state index in [9.17, 15) is 27.2 Å². The van der Waals surface area contributed by atoms with Crippen LogP contribution in [0.1, 0.15) is 34.3 Å². The molecule has 0 radical (unpaired) electrons. The maximum absolute atomic E-state index is 15.1. The first-order valence-electron chi connectivity index (χ1n) is 12.3. The van der Waals surface area contributed by atoms with Crippen LogP contribution in [0.3, 0.4) is 0 Å². The lowest BCUT2D eigenvalue weighted by atomic mass is 10.1. The summed E-state index contributed by atoms with van der Waals surface area (Å²) >= 11 is 0. The number of aromatic nitrogens is 2. The molecule has 0 spiro atoms. The van der Waals surface area contributed by atoms with Gasteiger partial charge in [-0.25, -0.2) is 18.7 Å². The fourth-order valence-corrected chi connectivity index (χ4v) is 4.17. The SMILES string of the molecule is CNc1nc(-c2cccc(C(F)(F)F)c2)nc2cc(NC(=O)c3c(F)ccc(CNC(=O)C4CC4)c3F)ccc12. The first kappa shape index (κ1) is 27.0. The van der Waals surface area contributed by atoms with E-state index in [0.29, 0.717) is 11.2 Å². The summed E-state index contributed by atoms with van der Waals surface area (Å²) in [5, 5.41) is 8.40. The van der Waals surface area contributed by atoms with Crippen molar-refractivity contribution < 1.29 is 31.5 Å². The van der Waals surface area contributed by atoms with E-state index in [-0.39, 0.29) is 46.5 Å². The van der Waals surface area contributed by atoms with Crippen LogP contribution in [0.4, 0.5) is 33.5 Å². The van der Waals surface area contributed by atoms with E-state index in [4.69, 9.17) is 0 Å². The Morgan fingerprint density at radius 3 is 2.48 bits per heavy atom. The first-order chi connectivity index (χ1) is 19.0. The normalized spacial score (nSPS) is 13.2. The Labute approximate surface area is 224 Å². The van der Waals surface area contributed by atoms with Crippen molar-refractivity contribution in [2.24, 2.45) is 5.92 Å². The van der Waals surface area contributed by atoms with E-state index >= 15 is 4.39 Å². The fraction of sp³-hybridized carbons (Fsp3) is 0.214. The van der Waals surface area contributed by atoms with Crippen LogP contribution in [0.2, 0.25) is 0 Å². The van der Waals surface area contributed by atoms with Gasteiger partial charge in [0.15, 0.2) is 5.82 Å². The smallest absolute Gasteiger partial charge is 0.373 e. The second-order valence-corrected chi connectivity index (χ2v) is 9.30. The molecule has 0 unspecified atom stereocenters. The zero-order valence-electron chi connectivity index (χ0n) is 21.0. The predicted molar refractivity (Wildman–Crippen MR) is 138 cm³/mol. The average molecular weight is 556 g/mol. The third-order valence-corrected chi connectivity index (χ3v) is 6.44. The minimum Gasteiger partial charge on any atom is -0.373 e. The van der Waals surface area contributed by atoms with Crippen LogP contribution < -0.4 is 16.0 Å². The number of carbonyl (C=O) groups is 2. The maximum Gasteiger partial charge on any atom is 0.416 e. The number of anilines is 2. The van der Waals surface area contributed by atoms with E-state index in [1.165, 1.54) is 24.3 Å². The molecule has 3 N–H and O–H groups in total. The van der Waals surface area contributed by atoms with Gasteiger partial charge < -0.3 is 16.0 Å². The molecule has 4 aromatic rings. The highest BCUT2D eigenvalue weighted by Gasteiger charge is 2.31. The summed E-state index contributed by atoms with van der Waals surface area (Å²) in [5.41, 5.74) is -1.20. The van der Waals surface area contributed by atoms with Crippen molar-refractivity contribution in [3.63, 3.8) is 0 Å². The molecule has 12 heteroatoms.